The summed E-state index contributed by atoms with van der Waals surface area (Å²) >= 11 is 0. The van der Waals surface area contributed by atoms with Crippen LogP contribution in [0.4, 0.5) is 5.69 Å². The average Bonchev–Trinajstić information content (AvgIpc) is 2.78. The summed E-state index contributed by atoms with van der Waals surface area (Å²) in [6.45, 7) is 0.0385. The smallest absolute Gasteiger partial charge is 0.338 e. The number of carbonyl (C=O) groups is 3. The van der Waals surface area contributed by atoms with Gasteiger partial charge in [0.25, 0.3) is 5.91 Å². The van der Waals surface area contributed by atoms with E-state index in [1.54, 1.807) is 24.3 Å². The molecule has 0 radical (unpaired) electrons. The Hall–Kier alpha value is -3.93. The Morgan fingerprint density at radius 1 is 0.862 bits per heavy atom. The number of ether oxygens (including phenoxy) is 2. The summed E-state index contributed by atoms with van der Waals surface area (Å²) in [6, 6.07) is 22.7. The zero-order valence-electron chi connectivity index (χ0n) is 15.5. The maximum absolute atomic E-state index is 12.0. The number of aldehydes is 1. The molecule has 1 amide bonds. The molecule has 3 aromatic rings. The standard InChI is InChI=1S/C23H19NO5/c25-14-17-6-8-19(9-7-17)23(27)29-16-22(26)24-20-10-12-21(13-11-20)28-15-18-4-2-1-3-5-18/h1-14H,15-16H2,(H,24,26). The Bertz CT molecular complexity index is 966. The largest absolute Gasteiger partial charge is 0.489 e. The Morgan fingerprint density at radius 3 is 2.21 bits per heavy atom. The molecule has 3 rings (SSSR count). The molecule has 0 bridgehead atoms. The third-order valence-electron chi connectivity index (χ3n) is 4.00. The molecule has 0 spiro atoms. The highest BCUT2D eigenvalue weighted by molar-refractivity contribution is 5.95. The molecule has 0 unspecified atom stereocenters. The number of hydrogen-bond acceptors (Lipinski definition) is 5. The summed E-state index contributed by atoms with van der Waals surface area (Å²) in [6.07, 6.45) is 0.681. The molecular weight excluding hydrogens is 370 g/mol. The first-order valence-corrected chi connectivity index (χ1v) is 8.93. The fourth-order valence-corrected chi connectivity index (χ4v) is 2.48. The van der Waals surface area contributed by atoms with Gasteiger partial charge in [-0.05, 0) is 42.0 Å². The Morgan fingerprint density at radius 2 is 1.55 bits per heavy atom. The molecule has 0 aliphatic carbocycles. The average molecular weight is 389 g/mol. The molecule has 0 saturated carbocycles. The van der Waals surface area contributed by atoms with Crippen molar-refractivity contribution in [3.05, 3.63) is 95.6 Å². The predicted octanol–water partition coefficient (Wildman–Crippen LogP) is 3.87. The molecule has 0 heterocycles. The minimum atomic E-state index is -0.637. The zero-order chi connectivity index (χ0) is 20.5. The van der Waals surface area contributed by atoms with Crippen molar-refractivity contribution in [3.63, 3.8) is 0 Å². The summed E-state index contributed by atoms with van der Waals surface area (Å²) < 4.78 is 10.7. The number of carbonyl (C=O) groups excluding carboxylic acids is 3. The maximum Gasteiger partial charge on any atom is 0.338 e. The first kappa shape index (κ1) is 19.8. The second-order valence-electron chi connectivity index (χ2n) is 6.16. The lowest BCUT2D eigenvalue weighted by atomic mass is 10.1. The van der Waals surface area contributed by atoms with Crippen LogP contribution in [0.5, 0.6) is 5.75 Å². The van der Waals surface area contributed by atoms with Crippen molar-refractivity contribution in [1.82, 2.24) is 0 Å². The van der Waals surface area contributed by atoms with E-state index in [2.05, 4.69) is 5.32 Å². The van der Waals surface area contributed by atoms with Gasteiger partial charge in [0.2, 0.25) is 0 Å². The minimum Gasteiger partial charge on any atom is -0.489 e. The van der Waals surface area contributed by atoms with E-state index >= 15 is 0 Å². The molecule has 29 heavy (non-hydrogen) atoms. The molecule has 0 aliphatic rings. The minimum absolute atomic E-state index is 0.267. The van der Waals surface area contributed by atoms with Gasteiger partial charge in [0.1, 0.15) is 18.6 Å². The number of hydrogen-bond donors (Lipinski definition) is 1. The molecule has 0 saturated heterocycles. The molecule has 0 aliphatic heterocycles. The van der Waals surface area contributed by atoms with Gasteiger partial charge in [-0.3, -0.25) is 9.59 Å². The van der Waals surface area contributed by atoms with E-state index < -0.39 is 18.5 Å². The van der Waals surface area contributed by atoms with Crippen molar-refractivity contribution in [2.24, 2.45) is 0 Å². The van der Waals surface area contributed by atoms with Gasteiger partial charge in [-0.1, -0.05) is 42.5 Å². The van der Waals surface area contributed by atoms with Gasteiger partial charge in [-0.15, -0.1) is 0 Å². The predicted molar refractivity (Wildman–Crippen MR) is 108 cm³/mol. The van der Waals surface area contributed by atoms with Gasteiger partial charge in [0, 0.05) is 11.3 Å². The molecule has 6 heteroatoms. The van der Waals surface area contributed by atoms with Crippen LogP contribution in [-0.4, -0.2) is 24.8 Å². The highest BCUT2D eigenvalue weighted by atomic mass is 16.5. The van der Waals surface area contributed by atoms with Crippen molar-refractivity contribution in [3.8, 4) is 5.75 Å². The fourth-order valence-electron chi connectivity index (χ4n) is 2.48. The van der Waals surface area contributed by atoms with Crippen LogP contribution in [0.25, 0.3) is 0 Å². The molecule has 0 fully saturated rings. The van der Waals surface area contributed by atoms with Crippen LogP contribution >= 0.6 is 0 Å². The van der Waals surface area contributed by atoms with E-state index in [1.807, 2.05) is 30.3 Å². The second kappa shape index (κ2) is 9.85. The normalized spacial score (nSPS) is 10.1. The van der Waals surface area contributed by atoms with Gasteiger partial charge in [0.15, 0.2) is 6.61 Å². The van der Waals surface area contributed by atoms with Crippen LogP contribution in [0.2, 0.25) is 0 Å². The fraction of sp³-hybridized carbons (Fsp3) is 0.0870. The van der Waals surface area contributed by atoms with Crippen molar-refractivity contribution in [1.29, 1.82) is 0 Å². The summed E-state index contributed by atoms with van der Waals surface area (Å²) in [5.41, 5.74) is 2.35. The Kier molecular flexibility index (Phi) is 6.73. The highest BCUT2D eigenvalue weighted by Crippen LogP contribution is 2.17. The molecule has 1 N–H and O–H groups in total. The van der Waals surface area contributed by atoms with Crippen molar-refractivity contribution >= 4 is 23.9 Å². The van der Waals surface area contributed by atoms with Crippen LogP contribution in [-0.2, 0) is 16.1 Å². The van der Waals surface area contributed by atoms with Crippen LogP contribution in [0.15, 0.2) is 78.9 Å². The SMILES string of the molecule is O=Cc1ccc(C(=O)OCC(=O)Nc2ccc(OCc3ccccc3)cc2)cc1. The monoisotopic (exact) mass is 389 g/mol. The number of rotatable bonds is 8. The van der Waals surface area contributed by atoms with E-state index in [1.165, 1.54) is 24.3 Å². The molecule has 6 nitrogen and oxygen atoms in total. The molecule has 0 atom stereocenters. The van der Waals surface area contributed by atoms with Gasteiger partial charge >= 0.3 is 5.97 Å². The number of anilines is 1. The van der Waals surface area contributed by atoms with Crippen molar-refractivity contribution in [2.75, 3.05) is 11.9 Å². The summed E-state index contributed by atoms with van der Waals surface area (Å²) in [5.74, 6) is -0.417. The topological polar surface area (TPSA) is 81.7 Å². The lowest BCUT2D eigenvalue weighted by Crippen LogP contribution is -2.20. The van der Waals surface area contributed by atoms with E-state index in [4.69, 9.17) is 9.47 Å². The maximum atomic E-state index is 12.0. The quantitative estimate of drug-likeness (QED) is 0.467. The van der Waals surface area contributed by atoms with Gasteiger partial charge in [-0.25, -0.2) is 4.79 Å². The zero-order valence-corrected chi connectivity index (χ0v) is 15.5. The number of nitrogens with one attached hydrogen (secondary N) is 1. The molecule has 146 valence electrons. The van der Waals surface area contributed by atoms with Crippen LogP contribution in [0.1, 0.15) is 26.3 Å². The lowest BCUT2D eigenvalue weighted by molar-refractivity contribution is -0.119. The van der Waals surface area contributed by atoms with Crippen molar-refractivity contribution < 1.29 is 23.9 Å². The van der Waals surface area contributed by atoms with Crippen LogP contribution < -0.4 is 10.1 Å². The summed E-state index contributed by atoms with van der Waals surface area (Å²) in [4.78, 5) is 34.5. The third-order valence-corrected chi connectivity index (χ3v) is 4.00. The lowest BCUT2D eigenvalue weighted by Gasteiger charge is -2.09. The number of benzene rings is 3. The number of esters is 1. The molecule has 3 aromatic carbocycles. The van der Waals surface area contributed by atoms with Gasteiger partial charge < -0.3 is 14.8 Å². The summed E-state index contributed by atoms with van der Waals surface area (Å²) in [5, 5.41) is 2.65. The first-order chi connectivity index (χ1) is 14.1. The Balaban J connectivity index is 1.45. The van der Waals surface area contributed by atoms with Gasteiger partial charge in [0.05, 0.1) is 5.56 Å². The van der Waals surface area contributed by atoms with E-state index in [9.17, 15) is 14.4 Å². The van der Waals surface area contributed by atoms with Crippen LogP contribution in [0, 0.1) is 0 Å². The summed E-state index contributed by atoms with van der Waals surface area (Å²) in [7, 11) is 0. The highest BCUT2D eigenvalue weighted by Gasteiger charge is 2.10. The van der Waals surface area contributed by atoms with Gasteiger partial charge in [-0.2, -0.15) is 0 Å². The van der Waals surface area contributed by atoms with E-state index in [0.717, 1.165) is 5.56 Å². The molecule has 0 aromatic heterocycles. The van der Waals surface area contributed by atoms with E-state index in [0.29, 0.717) is 29.9 Å². The number of amides is 1. The Labute approximate surface area is 168 Å². The molecular formula is C23H19NO5. The van der Waals surface area contributed by atoms with E-state index in [-0.39, 0.29) is 5.56 Å². The first-order valence-electron chi connectivity index (χ1n) is 8.93. The third kappa shape index (κ3) is 6.04. The second-order valence-corrected chi connectivity index (χ2v) is 6.16. The van der Waals surface area contributed by atoms with Crippen LogP contribution in [0.3, 0.4) is 0 Å². The van der Waals surface area contributed by atoms with Crippen molar-refractivity contribution in [2.45, 2.75) is 6.61 Å².